The van der Waals surface area contributed by atoms with Crippen molar-refractivity contribution in [3.8, 4) is 0 Å². The first-order chi connectivity index (χ1) is 15.5. The van der Waals surface area contributed by atoms with Gasteiger partial charge in [0.15, 0.2) is 9.84 Å². The van der Waals surface area contributed by atoms with Gasteiger partial charge in [0.1, 0.15) is 22.9 Å². The Hall–Kier alpha value is -2.22. The summed E-state index contributed by atoms with van der Waals surface area (Å²) in [6.45, 7) is -1.32. The minimum absolute atomic E-state index is 0.0117. The molecule has 0 unspecified atom stereocenters. The van der Waals surface area contributed by atoms with Gasteiger partial charge in [-0.05, 0) is 55.3 Å². The van der Waals surface area contributed by atoms with E-state index in [-0.39, 0.29) is 21.1 Å². The summed E-state index contributed by atoms with van der Waals surface area (Å²) in [5.74, 6) is -3.87. The summed E-state index contributed by atoms with van der Waals surface area (Å²) in [7, 11) is -10.1. The summed E-state index contributed by atoms with van der Waals surface area (Å²) >= 11 is 5.79. The lowest BCUT2D eigenvalue weighted by Crippen LogP contribution is -2.61. The molecule has 2 aromatic carbocycles. The Labute approximate surface area is 197 Å². The van der Waals surface area contributed by atoms with Crippen molar-refractivity contribution in [3.05, 3.63) is 64.7 Å². The zero-order chi connectivity index (χ0) is 25.7. The van der Waals surface area contributed by atoms with E-state index >= 15 is 0 Å². The van der Waals surface area contributed by atoms with E-state index in [9.17, 15) is 39.2 Å². The van der Waals surface area contributed by atoms with Gasteiger partial charge in [0.25, 0.3) is 10.0 Å². The molecule has 0 atom stereocenters. The third kappa shape index (κ3) is 4.41. The summed E-state index contributed by atoms with van der Waals surface area (Å²) in [6, 6.07) is 5.20. The van der Waals surface area contributed by atoms with Gasteiger partial charge in [-0.25, -0.2) is 25.6 Å². The quantitative estimate of drug-likeness (QED) is 0.508. The van der Waals surface area contributed by atoms with E-state index in [4.69, 9.17) is 16.7 Å². The number of benzene rings is 2. The molecule has 0 bridgehead atoms. The second-order valence-corrected chi connectivity index (χ2v) is 12.7. The third-order valence-corrected chi connectivity index (χ3v) is 10.3. The predicted molar refractivity (Wildman–Crippen MR) is 114 cm³/mol. The Morgan fingerprint density at radius 3 is 2.18 bits per heavy atom. The highest BCUT2D eigenvalue weighted by molar-refractivity contribution is 7.92. The van der Waals surface area contributed by atoms with Gasteiger partial charge in [-0.2, -0.15) is 13.1 Å². The number of hydrogen-bond donors (Lipinski definition) is 1. The average molecular weight is 544 g/mol. The Morgan fingerprint density at radius 1 is 1.12 bits per heavy atom. The number of hydrogen-bond acceptors (Lipinski definition) is 5. The minimum Gasteiger partial charge on any atom is -0.480 e. The molecule has 34 heavy (non-hydrogen) atoms. The van der Waals surface area contributed by atoms with Gasteiger partial charge in [0, 0.05) is 23.6 Å². The molecular weight excluding hydrogens is 526 g/mol. The number of sulfonamides is 1. The van der Waals surface area contributed by atoms with Crippen molar-refractivity contribution in [3.63, 3.8) is 0 Å². The molecule has 1 saturated carbocycles. The number of aliphatic carboxylic acids is 1. The van der Waals surface area contributed by atoms with Crippen molar-refractivity contribution in [1.82, 2.24) is 4.31 Å². The first-order valence-corrected chi connectivity index (χ1v) is 12.9. The predicted octanol–water partition coefficient (Wildman–Crippen LogP) is 3.78. The van der Waals surface area contributed by atoms with Crippen molar-refractivity contribution in [2.24, 2.45) is 0 Å². The molecule has 1 fully saturated rings. The maximum absolute atomic E-state index is 14.8. The Kier molecular flexibility index (Phi) is 6.81. The van der Waals surface area contributed by atoms with Crippen molar-refractivity contribution in [2.45, 2.75) is 40.7 Å². The fourth-order valence-corrected chi connectivity index (χ4v) is 7.50. The van der Waals surface area contributed by atoms with Crippen molar-refractivity contribution in [1.29, 1.82) is 0 Å². The molecule has 2 aromatic rings. The number of carboxylic acids is 1. The van der Waals surface area contributed by atoms with Gasteiger partial charge in [0.2, 0.25) is 0 Å². The molecule has 0 heterocycles. The second-order valence-electron chi connectivity index (χ2n) is 7.89. The summed E-state index contributed by atoms with van der Waals surface area (Å²) in [5, 5.41) is 4.89. The van der Waals surface area contributed by atoms with Gasteiger partial charge in [-0.1, -0.05) is 11.6 Å². The van der Waals surface area contributed by atoms with Crippen LogP contribution in [0.4, 0.5) is 17.6 Å². The number of carboxylic acid groups (broad SMARTS) is 1. The zero-order valence-electron chi connectivity index (χ0n) is 17.4. The van der Waals surface area contributed by atoms with E-state index in [0.717, 1.165) is 18.2 Å². The summed E-state index contributed by atoms with van der Waals surface area (Å²) in [4.78, 5) is 10.9. The molecule has 14 heteroatoms. The lowest BCUT2D eigenvalue weighted by Gasteiger charge is -2.50. The molecule has 3 rings (SSSR count). The van der Waals surface area contributed by atoms with Crippen LogP contribution in [0.25, 0.3) is 0 Å². The highest BCUT2D eigenvalue weighted by atomic mass is 35.5. The molecule has 0 aliphatic heterocycles. The number of carbonyl (C=O) groups is 1. The fraction of sp³-hybridized carbons (Fsp3) is 0.350. The summed E-state index contributed by atoms with van der Waals surface area (Å²) in [5.41, 5.74) is -0.630. The van der Waals surface area contributed by atoms with Crippen LogP contribution < -0.4 is 0 Å². The van der Waals surface area contributed by atoms with Crippen molar-refractivity contribution >= 4 is 37.4 Å². The van der Waals surface area contributed by atoms with Gasteiger partial charge in [-0.3, -0.25) is 4.79 Å². The number of rotatable bonds is 8. The fourth-order valence-electron chi connectivity index (χ4n) is 3.92. The van der Waals surface area contributed by atoms with Gasteiger partial charge < -0.3 is 5.11 Å². The van der Waals surface area contributed by atoms with E-state index in [1.165, 1.54) is 12.1 Å². The van der Waals surface area contributed by atoms with Gasteiger partial charge in [-0.15, -0.1) is 0 Å². The molecule has 7 nitrogen and oxygen atoms in total. The van der Waals surface area contributed by atoms with E-state index in [1.54, 1.807) is 0 Å². The maximum atomic E-state index is 14.8. The number of nitrogens with zero attached hydrogens (tertiary/aromatic N) is 1. The van der Waals surface area contributed by atoms with E-state index in [1.807, 2.05) is 0 Å². The van der Waals surface area contributed by atoms with Crippen LogP contribution in [0.15, 0.2) is 47.4 Å². The van der Waals surface area contributed by atoms with Crippen LogP contribution in [0.2, 0.25) is 5.02 Å². The van der Waals surface area contributed by atoms with E-state index in [2.05, 4.69) is 0 Å². The molecule has 0 radical (unpaired) electrons. The SMILES string of the molecule is CC(F)(F)S(=O)(=O)N(CC(=O)O)C1CC(c2cc(F)ccc2F)(S(=O)(=O)c2ccc(Cl)cc2)C1. The Bertz CT molecular complexity index is 1320. The molecule has 0 aromatic heterocycles. The van der Waals surface area contributed by atoms with Crippen molar-refractivity contribution in [2.75, 3.05) is 6.54 Å². The molecule has 0 amide bonds. The smallest absolute Gasteiger partial charge is 0.356 e. The average Bonchev–Trinajstić information content (AvgIpc) is 2.67. The standard InChI is InChI=1S/C20H18ClF4NO6S2/c1-19(24,25)34(31,32)26(11-18(27)28)14-9-20(10-14,16-8-13(22)4-7-17(16)23)33(29,30)15-5-2-12(21)3-6-15/h2-8,14H,9-11H2,1H3,(H,27,28). The maximum Gasteiger partial charge on any atom is 0.356 e. The third-order valence-electron chi connectivity index (χ3n) is 5.65. The normalized spacial score (nSPS) is 21.3. The van der Waals surface area contributed by atoms with E-state index < -0.39 is 78.5 Å². The first kappa shape index (κ1) is 26.4. The zero-order valence-corrected chi connectivity index (χ0v) is 19.8. The van der Waals surface area contributed by atoms with Crippen LogP contribution in [0.5, 0.6) is 0 Å². The molecule has 186 valence electrons. The van der Waals surface area contributed by atoms with Crippen molar-refractivity contribution < 1.29 is 44.3 Å². The van der Waals surface area contributed by atoms with Crippen LogP contribution in [-0.2, 0) is 29.4 Å². The van der Waals surface area contributed by atoms with Crippen LogP contribution in [-0.4, -0.2) is 50.1 Å². The molecule has 1 aliphatic carbocycles. The van der Waals surface area contributed by atoms with Crippen LogP contribution in [0.1, 0.15) is 25.3 Å². The molecule has 0 spiro atoms. The Balaban J connectivity index is 2.16. The molecular formula is C20H18ClF4NO6S2. The molecule has 1 aliphatic rings. The largest absolute Gasteiger partial charge is 0.480 e. The number of halogens is 5. The van der Waals surface area contributed by atoms with Crippen LogP contribution >= 0.6 is 11.6 Å². The number of sulfone groups is 1. The molecule has 1 N–H and O–H groups in total. The highest BCUT2D eigenvalue weighted by Gasteiger charge is 2.61. The lowest BCUT2D eigenvalue weighted by atomic mass is 9.74. The summed E-state index contributed by atoms with van der Waals surface area (Å²) in [6.07, 6.45) is -1.58. The topological polar surface area (TPSA) is 109 Å². The number of alkyl halides is 2. The van der Waals surface area contributed by atoms with E-state index in [0.29, 0.717) is 12.1 Å². The minimum atomic E-state index is -5.52. The van der Waals surface area contributed by atoms with Gasteiger partial charge >= 0.3 is 11.2 Å². The monoisotopic (exact) mass is 543 g/mol. The lowest BCUT2D eigenvalue weighted by molar-refractivity contribution is -0.138. The van der Waals surface area contributed by atoms with Crippen LogP contribution in [0, 0.1) is 11.6 Å². The molecule has 0 saturated heterocycles. The first-order valence-electron chi connectivity index (χ1n) is 9.60. The van der Waals surface area contributed by atoms with Crippen LogP contribution in [0.3, 0.4) is 0 Å². The van der Waals surface area contributed by atoms with Gasteiger partial charge in [0.05, 0.1) is 4.90 Å². The second kappa shape index (κ2) is 8.77. The Morgan fingerprint density at radius 2 is 1.68 bits per heavy atom. The summed E-state index contributed by atoms with van der Waals surface area (Å²) < 4.78 is 106. The highest BCUT2D eigenvalue weighted by Crippen LogP contribution is 2.54.